The quantitative estimate of drug-likeness (QED) is 0.679. The molecule has 0 aliphatic carbocycles. The van der Waals surface area contributed by atoms with E-state index in [1.54, 1.807) is 17.9 Å². The van der Waals surface area contributed by atoms with E-state index in [9.17, 15) is 4.79 Å². The number of carbonyl (C=O) groups is 1. The molecule has 0 spiro atoms. The van der Waals surface area contributed by atoms with E-state index in [4.69, 9.17) is 5.11 Å². The summed E-state index contributed by atoms with van der Waals surface area (Å²) in [5, 5.41) is 15.1. The summed E-state index contributed by atoms with van der Waals surface area (Å²) in [5.41, 5.74) is 1.69. The number of aromatic nitrogens is 2. The van der Waals surface area contributed by atoms with Crippen LogP contribution >= 0.6 is 0 Å². The van der Waals surface area contributed by atoms with Crippen molar-refractivity contribution in [3.8, 4) is 0 Å². The number of hydrogen-bond acceptors (Lipinski definition) is 3. The predicted molar refractivity (Wildman–Crippen MR) is 44.1 cm³/mol. The number of aliphatic carboxylic acids is 1. The Morgan fingerprint density at radius 2 is 2.50 bits per heavy atom. The predicted octanol–water partition coefficient (Wildman–Crippen LogP) is 0.225. The van der Waals surface area contributed by atoms with E-state index in [2.05, 4.69) is 10.4 Å². The molecule has 0 aliphatic rings. The maximum Gasteiger partial charge on any atom is 0.322 e. The van der Waals surface area contributed by atoms with E-state index < -0.39 is 5.97 Å². The number of nitrogens with zero attached hydrogens (tertiary/aromatic N) is 2. The topological polar surface area (TPSA) is 67.2 Å². The summed E-state index contributed by atoms with van der Waals surface area (Å²) in [6.07, 6.45) is 1.61. The van der Waals surface area contributed by atoms with Gasteiger partial charge in [0.25, 0.3) is 0 Å². The van der Waals surface area contributed by atoms with Crippen molar-refractivity contribution in [1.82, 2.24) is 9.78 Å². The van der Waals surface area contributed by atoms with Gasteiger partial charge < -0.3 is 10.4 Å². The minimum Gasteiger partial charge on any atom is -0.480 e. The summed E-state index contributed by atoms with van der Waals surface area (Å²) in [6.45, 7) is 1.80. The van der Waals surface area contributed by atoms with E-state index in [1.165, 1.54) is 0 Å². The number of anilines is 1. The van der Waals surface area contributed by atoms with Gasteiger partial charge in [0.1, 0.15) is 6.54 Å². The third kappa shape index (κ3) is 1.75. The Kier molecular flexibility index (Phi) is 2.32. The molecule has 0 radical (unpaired) electrons. The third-order valence-electron chi connectivity index (χ3n) is 1.67. The summed E-state index contributed by atoms with van der Waals surface area (Å²) < 4.78 is 1.68. The number of hydrogen-bond donors (Lipinski definition) is 2. The molecule has 12 heavy (non-hydrogen) atoms. The summed E-state index contributed by atoms with van der Waals surface area (Å²) >= 11 is 0. The highest BCUT2D eigenvalue weighted by molar-refractivity contribution is 5.72. The molecule has 1 aromatic rings. The Morgan fingerprint density at radius 1 is 1.83 bits per heavy atom. The summed E-state index contributed by atoms with van der Waals surface area (Å²) in [7, 11) is 1.81. The fraction of sp³-hybridized carbons (Fsp3) is 0.429. The molecule has 5 nitrogen and oxygen atoms in total. The van der Waals surface area contributed by atoms with Crippen LogP contribution < -0.4 is 5.32 Å². The molecule has 1 heterocycles. The molecule has 0 aromatic carbocycles. The highest BCUT2D eigenvalue weighted by Gasteiger charge is 2.03. The number of rotatable bonds is 3. The van der Waals surface area contributed by atoms with Crippen molar-refractivity contribution in [3.63, 3.8) is 0 Å². The van der Waals surface area contributed by atoms with Crippen molar-refractivity contribution in [1.29, 1.82) is 0 Å². The van der Waals surface area contributed by atoms with E-state index >= 15 is 0 Å². The molecule has 0 aliphatic heterocycles. The standard InChI is InChI=1S/C7H11N3O2/c1-5-6(3-9-10(5)2)8-4-7(11)12/h3,8H,4H2,1-2H3,(H,11,12). The number of nitrogens with one attached hydrogen (secondary N) is 1. The molecule has 0 saturated carbocycles. The molecule has 1 aromatic heterocycles. The molecule has 0 saturated heterocycles. The Morgan fingerprint density at radius 3 is 2.92 bits per heavy atom. The van der Waals surface area contributed by atoms with Crippen molar-refractivity contribution >= 4 is 11.7 Å². The summed E-state index contributed by atoms with van der Waals surface area (Å²) in [6, 6.07) is 0. The first-order valence-corrected chi connectivity index (χ1v) is 3.55. The Balaban J connectivity index is 2.63. The molecular formula is C7H11N3O2. The van der Waals surface area contributed by atoms with Crippen molar-refractivity contribution in [3.05, 3.63) is 11.9 Å². The molecule has 0 bridgehead atoms. The molecule has 0 atom stereocenters. The van der Waals surface area contributed by atoms with Gasteiger partial charge in [-0.15, -0.1) is 0 Å². The largest absolute Gasteiger partial charge is 0.480 e. The Labute approximate surface area is 70.0 Å². The fourth-order valence-corrected chi connectivity index (χ4v) is 0.843. The van der Waals surface area contributed by atoms with E-state index in [0.29, 0.717) is 0 Å². The van der Waals surface area contributed by atoms with E-state index in [0.717, 1.165) is 11.4 Å². The van der Waals surface area contributed by atoms with Gasteiger partial charge in [-0.2, -0.15) is 5.10 Å². The van der Waals surface area contributed by atoms with Gasteiger partial charge in [-0.05, 0) is 6.92 Å². The van der Waals surface area contributed by atoms with Gasteiger partial charge in [0.2, 0.25) is 0 Å². The average molecular weight is 169 g/mol. The normalized spacial score (nSPS) is 9.83. The van der Waals surface area contributed by atoms with Gasteiger partial charge >= 0.3 is 5.97 Å². The molecule has 2 N–H and O–H groups in total. The minimum atomic E-state index is -0.877. The monoisotopic (exact) mass is 169 g/mol. The zero-order valence-electron chi connectivity index (χ0n) is 7.03. The van der Waals surface area contributed by atoms with Crippen LogP contribution in [-0.2, 0) is 11.8 Å². The second-order valence-corrected chi connectivity index (χ2v) is 2.51. The maximum absolute atomic E-state index is 10.2. The molecule has 0 unspecified atom stereocenters. The minimum absolute atomic E-state index is 0.0769. The highest BCUT2D eigenvalue weighted by Crippen LogP contribution is 2.10. The van der Waals surface area contributed by atoms with Crippen LogP contribution in [0.15, 0.2) is 6.20 Å². The van der Waals surface area contributed by atoms with Gasteiger partial charge in [0, 0.05) is 7.05 Å². The summed E-state index contributed by atoms with van der Waals surface area (Å²) in [4.78, 5) is 10.2. The highest BCUT2D eigenvalue weighted by atomic mass is 16.4. The molecule has 66 valence electrons. The molecule has 1 rings (SSSR count). The van der Waals surface area contributed by atoms with Crippen LogP contribution in [0.5, 0.6) is 0 Å². The van der Waals surface area contributed by atoms with Crippen LogP contribution in [0, 0.1) is 6.92 Å². The second-order valence-electron chi connectivity index (χ2n) is 2.51. The number of carboxylic acid groups (broad SMARTS) is 1. The van der Waals surface area contributed by atoms with Gasteiger partial charge in [-0.25, -0.2) is 0 Å². The fourth-order valence-electron chi connectivity index (χ4n) is 0.843. The third-order valence-corrected chi connectivity index (χ3v) is 1.67. The van der Waals surface area contributed by atoms with Crippen molar-refractivity contribution in [2.24, 2.45) is 7.05 Å². The Hall–Kier alpha value is -1.52. The van der Waals surface area contributed by atoms with Crippen LogP contribution in [0.4, 0.5) is 5.69 Å². The lowest BCUT2D eigenvalue weighted by atomic mass is 10.4. The van der Waals surface area contributed by atoms with Crippen LogP contribution in [0.3, 0.4) is 0 Å². The molecule has 0 amide bonds. The van der Waals surface area contributed by atoms with Crippen molar-refractivity contribution < 1.29 is 9.90 Å². The number of carboxylic acids is 1. The first kappa shape index (κ1) is 8.58. The van der Waals surface area contributed by atoms with Gasteiger partial charge in [0.05, 0.1) is 17.6 Å². The Bertz CT molecular complexity index is 293. The van der Waals surface area contributed by atoms with Crippen molar-refractivity contribution in [2.45, 2.75) is 6.92 Å². The molecular weight excluding hydrogens is 158 g/mol. The van der Waals surface area contributed by atoms with Crippen molar-refractivity contribution in [2.75, 3.05) is 11.9 Å². The lowest BCUT2D eigenvalue weighted by Gasteiger charge is -2.00. The molecule has 0 fully saturated rings. The van der Waals surface area contributed by atoms with Crippen LogP contribution in [0.25, 0.3) is 0 Å². The molecule has 5 heteroatoms. The van der Waals surface area contributed by atoms with Gasteiger partial charge in [-0.3, -0.25) is 9.48 Å². The van der Waals surface area contributed by atoms with Gasteiger partial charge in [0.15, 0.2) is 0 Å². The summed E-state index contributed by atoms with van der Waals surface area (Å²) in [5.74, 6) is -0.877. The lowest BCUT2D eigenvalue weighted by Crippen LogP contribution is -2.12. The lowest BCUT2D eigenvalue weighted by molar-refractivity contribution is -0.134. The van der Waals surface area contributed by atoms with Gasteiger partial charge in [-0.1, -0.05) is 0 Å². The zero-order chi connectivity index (χ0) is 9.14. The second kappa shape index (κ2) is 3.25. The smallest absolute Gasteiger partial charge is 0.322 e. The van der Waals surface area contributed by atoms with Crippen LogP contribution in [0.1, 0.15) is 5.69 Å². The zero-order valence-corrected chi connectivity index (χ0v) is 7.03. The first-order chi connectivity index (χ1) is 5.61. The van der Waals surface area contributed by atoms with E-state index in [1.807, 2.05) is 6.92 Å². The average Bonchev–Trinajstić information content (AvgIpc) is 2.30. The van der Waals surface area contributed by atoms with Crippen LogP contribution in [-0.4, -0.2) is 27.4 Å². The SMILES string of the molecule is Cc1c(NCC(=O)O)cnn1C. The first-order valence-electron chi connectivity index (χ1n) is 3.55. The maximum atomic E-state index is 10.2. The number of aryl methyl sites for hydroxylation is 1. The van der Waals surface area contributed by atoms with E-state index in [-0.39, 0.29) is 6.54 Å². The van der Waals surface area contributed by atoms with Crippen LogP contribution in [0.2, 0.25) is 0 Å².